The first-order valence-electron chi connectivity index (χ1n) is 10.5. The van der Waals surface area contributed by atoms with Gasteiger partial charge in [0.25, 0.3) is 5.91 Å². The molecule has 0 unspecified atom stereocenters. The minimum Gasteiger partial charge on any atom is -0.348 e. The van der Waals surface area contributed by atoms with E-state index in [9.17, 15) is 4.79 Å². The molecule has 0 aliphatic carbocycles. The van der Waals surface area contributed by atoms with Gasteiger partial charge in [-0.05, 0) is 48.2 Å². The molecule has 2 heterocycles. The molecule has 3 aromatic carbocycles. The van der Waals surface area contributed by atoms with E-state index >= 15 is 0 Å². The lowest BCUT2D eigenvalue weighted by molar-refractivity contribution is 0.0951. The number of imidazole rings is 1. The van der Waals surface area contributed by atoms with Crippen LogP contribution in [0.5, 0.6) is 0 Å². The van der Waals surface area contributed by atoms with Gasteiger partial charge in [0, 0.05) is 23.9 Å². The van der Waals surface area contributed by atoms with Crippen LogP contribution in [0.25, 0.3) is 26.4 Å². The molecule has 31 heavy (non-hydrogen) atoms. The van der Waals surface area contributed by atoms with Crippen LogP contribution in [0.4, 0.5) is 0 Å². The largest absolute Gasteiger partial charge is 0.348 e. The summed E-state index contributed by atoms with van der Waals surface area (Å²) in [4.78, 5) is 18.4. The number of carbonyl (C=O) groups excluding carboxylic acids is 1. The molecular formula is C26H23N3OS. The van der Waals surface area contributed by atoms with Gasteiger partial charge >= 0.3 is 0 Å². The van der Waals surface area contributed by atoms with E-state index in [1.165, 1.54) is 11.1 Å². The van der Waals surface area contributed by atoms with Crippen LogP contribution in [0.1, 0.15) is 34.0 Å². The standard InChI is InChI=1S/C26H23N3OS/c1-3-18-8-10-19(11-9-18)22-16-29-23-13-12-20(14-24(23)31-26(29)28-22)25(30)27-15-21-7-5-4-6-17(21)2/h4-14,16H,3,15H2,1-2H3,(H,27,30). The Morgan fingerprint density at radius 1 is 1.06 bits per heavy atom. The molecule has 5 aromatic rings. The van der Waals surface area contributed by atoms with Crippen molar-refractivity contribution in [3.8, 4) is 11.3 Å². The number of aromatic nitrogens is 2. The van der Waals surface area contributed by atoms with Crippen LogP contribution in [0.15, 0.2) is 72.9 Å². The van der Waals surface area contributed by atoms with E-state index in [-0.39, 0.29) is 5.91 Å². The van der Waals surface area contributed by atoms with Crippen LogP contribution in [-0.2, 0) is 13.0 Å². The Labute approximate surface area is 185 Å². The maximum atomic E-state index is 12.7. The summed E-state index contributed by atoms with van der Waals surface area (Å²) < 4.78 is 3.16. The van der Waals surface area contributed by atoms with Crippen LogP contribution in [-0.4, -0.2) is 15.3 Å². The van der Waals surface area contributed by atoms with Crippen molar-refractivity contribution in [2.45, 2.75) is 26.8 Å². The molecule has 5 rings (SSSR count). The third kappa shape index (κ3) is 3.73. The van der Waals surface area contributed by atoms with Crippen LogP contribution in [0.3, 0.4) is 0 Å². The maximum Gasteiger partial charge on any atom is 0.251 e. The molecule has 0 bridgehead atoms. The number of thiazole rings is 1. The van der Waals surface area contributed by atoms with Crippen LogP contribution < -0.4 is 5.32 Å². The van der Waals surface area contributed by atoms with Crippen molar-refractivity contribution in [3.05, 3.63) is 95.2 Å². The molecule has 4 nitrogen and oxygen atoms in total. The number of hydrogen-bond donors (Lipinski definition) is 1. The molecule has 5 heteroatoms. The topological polar surface area (TPSA) is 46.4 Å². The highest BCUT2D eigenvalue weighted by molar-refractivity contribution is 7.23. The summed E-state index contributed by atoms with van der Waals surface area (Å²) in [6.45, 7) is 4.74. The Morgan fingerprint density at radius 2 is 1.87 bits per heavy atom. The normalized spacial score (nSPS) is 11.3. The SMILES string of the molecule is CCc1ccc(-c2cn3c(n2)sc2cc(C(=O)NCc4ccccc4C)ccc23)cc1. The monoisotopic (exact) mass is 425 g/mol. The highest BCUT2D eigenvalue weighted by Gasteiger charge is 2.13. The summed E-state index contributed by atoms with van der Waals surface area (Å²) in [5.74, 6) is -0.0621. The number of aryl methyl sites for hydroxylation is 2. The molecule has 0 radical (unpaired) electrons. The van der Waals surface area contributed by atoms with E-state index in [4.69, 9.17) is 4.98 Å². The quantitative estimate of drug-likeness (QED) is 0.374. The summed E-state index contributed by atoms with van der Waals surface area (Å²) in [5.41, 5.74) is 7.46. The zero-order valence-corrected chi connectivity index (χ0v) is 18.4. The van der Waals surface area contributed by atoms with Crippen molar-refractivity contribution in [2.24, 2.45) is 0 Å². The summed E-state index contributed by atoms with van der Waals surface area (Å²) in [6.07, 6.45) is 3.11. The first kappa shape index (κ1) is 19.5. The summed E-state index contributed by atoms with van der Waals surface area (Å²) >= 11 is 1.61. The minimum absolute atomic E-state index is 0.0621. The second-order valence-electron chi connectivity index (χ2n) is 7.72. The van der Waals surface area contributed by atoms with Crippen molar-refractivity contribution < 1.29 is 4.79 Å². The average molecular weight is 426 g/mol. The molecule has 2 aromatic heterocycles. The zero-order valence-electron chi connectivity index (χ0n) is 17.6. The Morgan fingerprint density at radius 3 is 2.65 bits per heavy atom. The number of fused-ring (bicyclic) bond motifs is 3. The van der Waals surface area contributed by atoms with Crippen molar-refractivity contribution >= 4 is 32.4 Å². The third-order valence-electron chi connectivity index (χ3n) is 5.71. The predicted octanol–water partition coefficient (Wildman–Crippen LogP) is 6.02. The fourth-order valence-electron chi connectivity index (χ4n) is 3.78. The maximum absolute atomic E-state index is 12.7. The number of benzene rings is 3. The number of nitrogens with one attached hydrogen (secondary N) is 1. The van der Waals surface area contributed by atoms with Crippen LogP contribution in [0, 0.1) is 6.92 Å². The number of carbonyl (C=O) groups is 1. The molecule has 1 amide bonds. The smallest absolute Gasteiger partial charge is 0.251 e. The predicted molar refractivity (Wildman–Crippen MR) is 128 cm³/mol. The molecular weight excluding hydrogens is 402 g/mol. The van der Waals surface area contributed by atoms with Crippen LogP contribution in [0.2, 0.25) is 0 Å². The number of amides is 1. The van der Waals surface area contributed by atoms with Gasteiger partial charge in [-0.3, -0.25) is 9.20 Å². The highest BCUT2D eigenvalue weighted by Crippen LogP contribution is 2.30. The lowest BCUT2D eigenvalue weighted by atomic mass is 10.1. The van der Waals surface area contributed by atoms with E-state index < -0.39 is 0 Å². The van der Waals surface area contributed by atoms with Crippen molar-refractivity contribution in [1.29, 1.82) is 0 Å². The van der Waals surface area contributed by atoms with Gasteiger partial charge < -0.3 is 5.32 Å². The number of rotatable bonds is 5. The van der Waals surface area contributed by atoms with E-state index in [2.05, 4.69) is 60.1 Å². The van der Waals surface area contributed by atoms with Gasteiger partial charge in [0.05, 0.1) is 15.9 Å². The van der Waals surface area contributed by atoms with E-state index in [0.717, 1.165) is 38.4 Å². The summed E-state index contributed by atoms with van der Waals surface area (Å²) in [5, 5.41) is 3.03. The molecule has 1 N–H and O–H groups in total. The average Bonchev–Trinajstić information content (AvgIpc) is 3.36. The Kier molecular flexibility index (Phi) is 5.04. The van der Waals surface area contributed by atoms with E-state index in [1.54, 1.807) is 11.3 Å². The molecule has 0 aliphatic rings. The molecule has 0 spiro atoms. The molecule has 0 aliphatic heterocycles. The minimum atomic E-state index is -0.0621. The molecule has 0 saturated carbocycles. The van der Waals surface area contributed by atoms with Gasteiger partial charge in [-0.25, -0.2) is 4.98 Å². The van der Waals surface area contributed by atoms with E-state index in [1.807, 2.05) is 36.4 Å². The zero-order chi connectivity index (χ0) is 21.4. The fourth-order valence-corrected chi connectivity index (χ4v) is 4.83. The molecule has 0 atom stereocenters. The second-order valence-corrected chi connectivity index (χ2v) is 8.73. The Balaban J connectivity index is 1.39. The highest BCUT2D eigenvalue weighted by atomic mass is 32.1. The van der Waals surface area contributed by atoms with Gasteiger partial charge in [-0.1, -0.05) is 66.8 Å². The van der Waals surface area contributed by atoms with Crippen molar-refractivity contribution in [2.75, 3.05) is 0 Å². The van der Waals surface area contributed by atoms with Gasteiger partial charge in [0.15, 0.2) is 4.96 Å². The summed E-state index contributed by atoms with van der Waals surface area (Å²) in [7, 11) is 0. The molecule has 0 fully saturated rings. The molecule has 154 valence electrons. The van der Waals surface area contributed by atoms with Crippen molar-refractivity contribution in [1.82, 2.24) is 14.7 Å². The number of hydrogen-bond acceptors (Lipinski definition) is 3. The van der Waals surface area contributed by atoms with Crippen LogP contribution >= 0.6 is 11.3 Å². The first-order chi connectivity index (χ1) is 15.1. The Bertz CT molecular complexity index is 1400. The van der Waals surface area contributed by atoms with Gasteiger partial charge in [0.1, 0.15) is 0 Å². The third-order valence-corrected chi connectivity index (χ3v) is 6.73. The summed E-state index contributed by atoms with van der Waals surface area (Å²) in [6, 6.07) is 22.5. The second kappa shape index (κ2) is 8.00. The van der Waals surface area contributed by atoms with Gasteiger partial charge in [-0.15, -0.1) is 0 Å². The lowest BCUT2D eigenvalue weighted by Gasteiger charge is -2.08. The van der Waals surface area contributed by atoms with Gasteiger partial charge in [-0.2, -0.15) is 0 Å². The van der Waals surface area contributed by atoms with Crippen molar-refractivity contribution in [3.63, 3.8) is 0 Å². The van der Waals surface area contributed by atoms with E-state index in [0.29, 0.717) is 12.1 Å². The first-order valence-corrected chi connectivity index (χ1v) is 11.3. The van der Waals surface area contributed by atoms with Gasteiger partial charge in [0.2, 0.25) is 0 Å². The number of nitrogens with zero attached hydrogens (tertiary/aromatic N) is 2. The lowest BCUT2D eigenvalue weighted by Crippen LogP contribution is -2.23. The Hall–Kier alpha value is -3.44. The molecule has 0 saturated heterocycles. The fraction of sp³-hybridized carbons (Fsp3) is 0.154.